The van der Waals surface area contributed by atoms with Crippen LogP contribution in [0.4, 0.5) is 5.69 Å². The van der Waals surface area contributed by atoms with Crippen LogP contribution in [-0.2, 0) is 16.4 Å². The number of rotatable bonds is 3. The summed E-state index contributed by atoms with van der Waals surface area (Å²) in [6.45, 7) is 0.428. The van der Waals surface area contributed by atoms with Crippen LogP contribution in [0.25, 0.3) is 0 Å². The van der Waals surface area contributed by atoms with Crippen molar-refractivity contribution in [2.75, 3.05) is 10.8 Å². The van der Waals surface area contributed by atoms with Crippen molar-refractivity contribution in [2.45, 2.75) is 24.5 Å². The molecule has 0 amide bonds. The van der Waals surface area contributed by atoms with Gasteiger partial charge < -0.3 is 5.11 Å². The molecule has 1 heterocycles. The Kier molecular flexibility index (Phi) is 2.38. The Bertz CT molecular complexity index is 619. The lowest BCUT2D eigenvalue weighted by Crippen LogP contribution is -2.32. The highest BCUT2D eigenvalue weighted by Crippen LogP contribution is 2.38. The van der Waals surface area contributed by atoms with E-state index in [1.807, 2.05) is 0 Å². The number of nitrogens with zero attached hydrogens (tertiary/aromatic N) is 1. The van der Waals surface area contributed by atoms with Crippen molar-refractivity contribution in [1.29, 1.82) is 0 Å². The van der Waals surface area contributed by atoms with Crippen LogP contribution < -0.4 is 4.31 Å². The Morgan fingerprint density at radius 3 is 2.67 bits per heavy atom. The van der Waals surface area contributed by atoms with Crippen molar-refractivity contribution < 1.29 is 18.3 Å². The molecule has 6 heteroatoms. The second-order valence-corrected chi connectivity index (χ2v) is 6.85. The van der Waals surface area contributed by atoms with Crippen LogP contribution in [0.15, 0.2) is 18.2 Å². The van der Waals surface area contributed by atoms with Crippen molar-refractivity contribution in [2.24, 2.45) is 0 Å². The van der Waals surface area contributed by atoms with Crippen LogP contribution in [0.2, 0.25) is 0 Å². The van der Waals surface area contributed by atoms with Gasteiger partial charge in [0.1, 0.15) is 0 Å². The van der Waals surface area contributed by atoms with Crippen molar-refractivity contribution in [3.63, 3.8) is 0 Å². The topological polar surface area (TPSA) is 74.7 Å². The van der Waals surface area contributed by atoms with Gasteiger partial charge in [0.25, 0.3) is 0 Å². The Labute approximate surface area is 105 Å². The first kappa shape index (κ1) is 11.5. The van der Waals surface area contributed by atoms with E-state index in [0.717, 1.165) is 5.56 Å². The standard InChI is InChI=1S/C12H13NO4S/c14-12(15)9-2-1-8-5-6-13(11(8)7-9)18(16,17)10-3-4-10/h1-2,7,10H,3-6H2,(H,14,15). The fourth-order valence-electron chi connectivity index (χ4n) is 2.29. The number of benzene rings is 1. The molecule has 18 heavy (non-hydrogen) atoms. The molecule has 1 aliphatic heterocycles. The van der Waals surface area contributed by atoms with Crippen molar-refractivity contribution >= 4 is 21.7 Å². The van der Waals surface area contributed by atoms with Gasteiger partial charge in [0.2, 0.25) is 10.0 Å². The molecule has 1 aromatic rings. The molecular formula is C12H13NO4S. The highest BCUT2D eigenvalue weighted by atomic mass is 32.2. The molecule has 0 spiro atoms. The quantitative estimate of drug-likeness (QED) is 0.894. The van der Waals surface area contributed by atoms with Crippen LogP contribution in [0, 0.1) is 0 Å². The summed E-state index contributed by atoms with van der Waals surface area (Å²) in [5.74, 6) is -1.03. The number of carboxylic acids is 1. The molecule has 5 nitrogen and oxygen atoms in total. The third kappa shape index (κ3) is 1.68. The van der Waals surface area contributed by atoms with Gasteiger partial charge >= 0.3 is 5.97 Å². The monoisotopic (exact) mass is 267 g/mol. The summed E-state index contributed by atoms with van der Waals surface area (Å²) in [5, 5.41) is 8.69. The van der Waals surface area contributed by atoms with Crippen LogP contribution >= 0.6 is 0 Å². The minimum absolute atomic E-state index is 0.131. The van der Waals surface area contributed by atoms with E-state index >= 15 is 0 Å². The highest BCUT2D eigenvalue weighted by Gasteiger charge is 2.42. The van der Waals surface area contributed by atoms with E-state index in [-0.39, 0.29) is 10.8 Å². The smallest absolute Gasteiger partial charge is 0.335 e. The van der Waals surface area contributed by atoms with Gasteiger partial charge in [0.15, 0.2) is 0 Å². The summed E-state index contributed by atoms with van der Waals surface area (Å²) in [4.78, 5) is 10.9. The summed E-state index contributed by atoms with van der Waals surface area (Å²) < 4.78 is 25.8. The first-order chi connectivity index (χ1) is 8.50. The molecule has 0 saturated heterocycles. The first-order valence-electron chi connectivity index (χ1n) is 5.88. The average molecular weight is 267 g/mol. The normalized spacial score (nSPS) is 18.8. The van der Waals surface area contributed by atoms with Gasteiger partial charge in [0.05, 0.1) is 16.5 Å². The third-order valence-electron chi connectivity index (χ3n) is 3.44. The van der Waals surface area contributed by atoms with E-state index in [1.165, 1.54) is 16.4 Å². The molecule has 1 N–H and O–H groups in total. The van der Waals surface area contributed by atoms with Gasteiger partial charge in [-0.3, -0.25) is 4.31 Å². The van der Waals surface area contributed by atoms with Crippen molar-refractivity contribution in [1.82, 2.24) is 0 Å². The van der Waals surface area contributed by atoms with Crippen LogP contribution in [0.5, 0.6) is 0 Å². The SMILES string of the molecule is O=C(O)c1ccc2c(c1)N(S(=O)(=O)C1CC1)CC2. The number of aromatic carboxylic acids is 1. The van der Waals surface area contributed by atoms with Crippen molar-refractivity contribution in [3.8, 4) is 0 Å². The number of hydrogen-bond donors (Lipinski definition) is 1. The largest absolute Gasteiger partial charge is 0.478 e. The van der Waals surface area contributed by atoms with Crippen LogP contribution in [0.1, 0.15) is 28.8 Å². The van der Waals surface area contributed by atoms with Crippen LogP contribution in [0.3, 0.4) is 0 Å². The van der Waals surface area contributed by atoms with Gasteiger partial charge in [0, 0.05) is 6.54 Å². The van der Waals surface area contributed by atoms with Crippen LogP contribution in [-0.4, -0.2) is 31.3 Å². The predicted molar refractivity (Wildman–Crippen MR) is 66.4 cm³/mol. The number of hydrogen-bond acceptors (Lipinski definition) is 3. The summed E-state index contributed by atoms with van der Waals surface area (Å²) in [7, 11) is -3.28. The average Bonchev–Trinajstić information content (AvgIpc) is 3.08. The zero-order valence-corrected chi connectivity index (χ0v) is 10.5. The van der Waals surface area contributed by atoms with Gasteiger partial charge in [-0.15, -0.1) is 0 Å². The molecular weight excluding hydrogens is 254 g/mol. The van der Waals surface area contributed by atoms with Crippen molar-refractivity contribution in [3.05, 3.63) is 29.3 Å². The molecule has 2 aliphatic rings. The fraction of sp³-hybridized carbons (Fsp3) is 0.417. The molecule has 3 rings (SSSR count). The Balaban J connectivity index is 2.05. The number of carboxylic acid groups (broad SMARTS) is 1. The molecule has 1 aliphatic carbocycles. The molecule has 1 saturated carbocycles. The Hall–Kier alpha value is -1.56. The molecule has 0 aromatic heterocycles. The lowest BCUT2D eigenvalue weighted by Gasteiger charge is -2.19. The van der Waals surface area contributed by atoms with E-state index in [2.05, 4.69) is 0 Å². The molecule has 0 atom stereocenters. The molecule has 0 bridgehead atoms. The lowest BCUT2D eigenvalue weighted by atomic mass is 10.1. The highest BCUT2D eigenvalue weighted by molar-refractivity contribution is 7.93. The van der Waals surface area contributed by atoms with Gasteiger partial charge in [-0.05, 0) is 37.0 Å². The zero-order chi connectivity index (χ0) is 12.9. The number of sulfonamides is 1. The summed E-state index contributed by atoms with van der Waals surface area (Å²) in [6.07, 6.45) is 2.08. The first-order valence-corrected chi connectivity index (χ1v) is 7.38. The minimum Gasteiger partial charge on any atom is -0.478 e. The van der Waals surface area contributed by atoms with E-state index < -0.39 is 16.0 Å². The molecule has 1 aromatic carbocycles. The Morgan fingerprint density at radius 1 is 1.33 bits per heavy atom. The second-order valence-electron chi connectivity index (χ2n) is 4.72. The molecule has 1 fully saturated rings. The minimum atomic E-state index is -3.28. The summed E-state index contributed by atoms with van der Waals surface area (Å²) in [6, 6.07) is 4.69. The summed E-state index contributed by atoms with van der Waals surface area (Å²) in [5.41, 5.74) is 1.58. The molecule has 96 valence electrons. The Morgan fingerprint density at radius 2 is 2.06 bits per heavy atom. The maximum Gasteiger partial charge on any atom is 0.335 e. The maximum absolute atomic E-state index is 12.2. The van der Waals surface area contributed by atoms with E-state index in [1.54, 1.807) is 6.07 Å². The van der Waals surface area contributed by atoms with E-state index in [9.17, 15) is 13.2 Å². The maximum atomic E-state index is 12.2. The summed E-state index contributed by atoms with van der Waals surface area (Å²) >= 11 is 0. The van der Waals surface area contributed by atoms with Gasteiger partial charge in [-0.25, -0.2) is 13.2 Å². The van der Waals surface area contributed by atoms with Gasteiger partial charge in [-0.1, -0.05) is 6.07 Å². The van der Waals surface area contributed by atoms with Gasteiger partial charge in [-0.2, -0.15) is 0 Å². The van der Waals surface area contributed by atoms with E-state index in [0.29, 0.717) is 31.5 Å². The predicted octanol–water partition coefficient (Wildman–Crippen LogP) is 1.24. The molecule has 0 radical (unpaired) electrons. The number of fused-ring (bicyclic) bond motifs is 1. The number of anilines is 1. The fourth-order valence-corrected chi connectivity index (χ4v) is 4.17. The zero-order valence-electron chi connectivity index (χ0n) is 9.67. The number of carbonyl (C=O) groups is 1. The lowest BCUT2D eigenvalue weighted by molar-refractivity contribution is 0.0697. The third-order valence-corrected chi connectivity index (χ3v) is 5.75. The molecule has 0 unspecified atom stereocenters. The second kappa shape index (κ2) is 3.71. The van der Waals surface area contributed by atoms with E-state index in [4.69, 9.17) is 5.11 Å².